The Balaban J connectivity index is 2.54. The summed E-state index contributed by atoms with van der Waals surface area (Å²) in [7, 11) is 1.63. The molecule has 16 heavy (non-hydrogen) atoms. The first-order valence-corrected chi connectivity index (χ1v) is 5.03. The number of hydrogen-bond acceptors (Lipinski definition) is 4. The SMILES string of the molecule is COc1ccccc1-n1nncc1C(C)N. The maximum absolute atomic E-state index is 5.85. The van der Waals surface area contributed by atoms with Gasteiger partial charge in [-0.05, 0) is 19.1 Å². The van der Waals surface area contributed by atoms with Gasteiger partial charge in [0.25, 0.3) is 0 Å². The molecule has 0 aliphatic heterocycles. The number of methoxy groups -OCH3 is 1. The van der Waals surface area contributed by atoms with Crippen LogP contribution >= 0.6 is 0 Å². The number of nitrogens with two attached hydrogens (primary N) is 1. The van der Waals surface area contributed by atoms with Gasteiger partial charge >= 0.3 is 0 Å². The van der Waals surface area contributed by atoms with Gasteiger partial charge in [-0.25, -0.2) is 4.68 Å². The molecule has 0 amide bonds. The van der Waals surface area contributed by atoms with Crippen LogP contribution in [0.4, 0.5) is 0 Å². The van der Waals surface area contributed by atoms with Crippen molar-refractivity contribution in [3.05, 3.63) is 36.2 Å². The molecule has 0 bridgehead atoms. The minimum atomic E-state index is -0.125. The van der Waals surface area contributed by atoms with E-state index in [9.17, 15) is 0 Å². The number of hydrogen-bond donors (Lipinski definition) is 1. The zero-order chi connectivity index (χ0) is 11.5. The van der Waals surface area contributed by atoms with E-state index in [-0.39, 0.29) is 6.04 Å². The van der Waals surface area contributed by atoms with Crippen molar-refractivity contribution < 1.29 is 4.74 Å². The van der Waals surface area contributed by atoms with Gasteiger partial charge in [-0.3, -0.25) is 0 Å². The van der Waals surface area contributed by atoms with E-state index >= 15 is 0 Å². The van der Waals surface area contributed by atoms with Crippen molar-refractivity contribution in [2.45, 2.75) is 13.0 Å². The topological polar surface area (TPSA) is 66.0 Å². The maximum Gasteiger partial charge on any atom is 0.144 e. The monoisotopic (exact) mass is 218 g/mol. The second-order valence-electron chi connectivity index (χ2n) is 3.53. The van der Waals surface area contributed by atoms with Crippen LogP contribution in [-0.4, -0.2) is 22.1 Å². The van der Waals surface area contributed by atoms with Crippen molar-refractivity contribution in [2.24, 2.45) is 5.73 Å². The molecule has 0 fully saturated rings. The zero-order valence-electron chi connectivity index (χ0n) is 9.29. The molecular weight excluding hydrogens is 204 g/mol. The third-order valence-electron chi connectivity index (χ3n) is 2.36. The fourth-order valence-corrected chi connectivity index (χ4v) is 1.55. The van der Waals surface area contributed by atoms with Crippen LogP contribution in [0.5, 0.6) is 5.75 Å². The summed E-state index contributed by atoms with van der Waals surface area (Å²) in [4.78, 5) is 0. The Morgan fingerprint density at radius 2 is 2.12 bits per heavy atom. The Morgan fingerprint density at radius 3 is 2.81 bits per heavy atom. The van der Waals surface area contributed by atoms with Gasteiger partial charge in [0.05, 0.1) is 19.0 Å². The zero-order valence-corrected chi connectivity index (χ0v) is 9.29. The predicted octanol–water partition coefficient (Wildman–Crippen LogP) is 1.30. The van der Waals surface area contributed by atoms with Gasteiger partial charge in [0.15, 0.2) is 0 Å². The van der Waals surface area contributed by atoms with E-state index < -0.39 is 0 Å². The third kappa shape index (κ3) is 1.77. The molecule has 1 heterocycles. The fraction of sp³-hybridized carbons (Fsp3) is 0.273. The smallest absolute Gasteiger partial charge is 0.144 e. The van der Waals surface area contributed by atoms with Gasteiger partial charge in [-0.1, -0.05) is 17.3 Å². The highest BCUT2D eigenvalue weighted by molar-refractivity contribution is 5.46. The van der Waals surface area contributed by atoms with E-state index in [1.165, 1.54) is 0 Å². The molecule has 0 saturated heterocycles. The molecule has 0 saturated carbocycles. The Bertz CT molecular complexity index is 478. The third-order valence-corrected chi connectivity index (χ3v) is 2.36. The molecule has 0 aliphatic carbocycles. The molecule has 0 aliphatic rings. The second-order valence-corrected chi connectivity index (χ2v) is 3.53. The molecule has 84 valence electrons. The van der Waals surface area contributed by atoms with E-state index in [4.69, 9.17) is 10.5 Å². The first kappa shape index (κ1) is 10.6. The summed E-state index contributed by atoms with van der Waals surface area (Å²) in [5.74, 6) is 0.745. The lowest BCUT2D eigenvalue weighted by Crippen LogP contribution is -2.12. The number of ether oxygens (including phenoxy) is 1. The summed E-state index contributed by atoms with van der Waals surface area (Å²) in [6.45, 7) is 1.89. The summed E-state index contributed by atoms with van der Waals surface area (Å²) in [6.07, 6.45) is 1.66. The fourth-order valence-electron chi connectivity index (χ4n) is 1.55. The lowest BCUT2D eigenvalue weighted by molar-refractivity contribution is 0.410. The van der Waals surface area contributed by atoms with Gasteiger partial charge in [0.2, 0.25) is 0 Å². The van der Waals surface area contributed by atoms with Gasteiger partial charge in [-0.15, -0.1) is 5.10 Å². The average Bonchev–Trinajstić information content (AvgIpc) is 2.77. The van der Waals surface area contributed by atoms with Crippen LogP contribution in [0.2, 0.25) is 0 Å². The number of rotatable bonds is 3. The number of para-hydroxylation sites is 2. The van der Waals surface area contributed by atoms with Crippen LogP contribution < -0.4 is 10.5 Å². The van der Waals surface area contributed by atoms with Crippen molar-refractivity contribution in [3.63, 3.8) is 0 Å². The minimum Gasteiger partial charge on any atom is -0.494 e. The van der Waals surface area contributed by atoms with E-state index in [0.717, 1.165) is 17.1 Å². The van der Waals surface area contributed by atoms with Gasteiger partial charge in [0, 0.05) is 6.04 Å². The number of aromatic nitrogens is 3. The van der Waals surface area contributed by atoms with Gasteiger partial charge in [0.1, 0.15) is 11.4 Å². The quantitative estimate of drug-likeness (QED) is 0.843. The van der Waals surface area contributed by atoms with Crippen LogP contribution in [0.3, 0.4) is 0 Å². The Morgan fingerprint density at radius 1 is 1.38 bits per heavy atom. The molecule has 2 aromatic rings. The molecule has 0 radical (unpaired) electrons. The van der Waals surface area contributed by atoms with Crippen molar-refractivity contribution in [2.75, 3.05) is 7.11 Å². The number of benzene rings is 1. The first-order chi connectivity index (χ1) is 7.74. The van der Waals surface area contributed by atoms with Crippen molar-refractivity contribution in [1.29, 1.82) is 0 Å². The Hall–Kier alpha value is -1.88. The van der Waals surface area contributed by atoms with Gasteiger partial charge in [-0.2, -0.15) is 0 Å². The molecule has 1 aromatic heterocycles. The van der Waals surface area contributed by atoms with E-state index in [1.54, 1.807) is 18.0 Å². The van der Waals surface area contributed by atoms with Crippen molar-refractivity contribution in [3.8, 4) is 11.4 Å². The van der Waals surface area contributed by atoms with Crippen molar-refractivity contribution >= 4 is 0 Å². The number of nitrogens with zero attached hydrogens (tertiary/aromatic N) is 3. The van der Waals surface area contributed by atoms with E-state index in [0.29, 0.717) is 0 Å². The normalized spacial score (nSPS) is 12.4. The van der Waals surface area contributed by atoms with Crippen LogP contribution in [0.15, 0.2) is 30.5 Å². The molecule has 1 atom stereocenters. The summed E-state index contributed by atoms with van der Waals surface area (Å²) < 4.78 is 6.97. The minimum absolute atomic E-state index is 0.125. The molecule has 2 N–H and O–H groups in total. The summed E-state index contributed by atoms with van der Waals surface area (Å²) in [5.41, 5.74) is 7.54. The summed E-state index contributed by atoms with van der Waals surface area (Å²) in [6, 6.07) is 7.50. The molecular formula is C11H14N4O. The summed E-state index contributed by atoms with van der Waals surface area (Å²) in [5, 5.41) is 7.90. The van der Waals surface area contributed by atoms with Crippen LogP contribution in [-0.2, 0) is 0 Å². The lowest BCUT2D eigenvalue weighted by Gasteiger charge is -2.11. The lowest BCUT2D eigenvalue weighted by atomic mass is 10.2. The molecule has 0 spiro atoms. The van der Waals surface area contributed by atoms with E-state index in [2.05, 4.69) is 10.3 Å². The molecule has 2 rings (SSSR count). The molecule has 5 heteroatoms. The molecule has 1 aromatic carbocycles. The van der Waals surface area contributed by atoms with Crippen molar-refractivity contribution in [1.82, 2.24) is 15.0 Å². The van der Waals surface area contributed by atoms with Crippen LogP contribution in [0.1, 0.15) is 18.7 Å². The predicted molar refractivity (Wildman–Crippen MR) is 60.5 cm³/mol. The average molecular weight is 218 g/mol. The highest BCUT2D eigenvalue weighted by Gasteiger charge is 2.12. The highest BCUT2D eigenvalue weighted by atomic mass is 16.5. The van der Waals surface area contributed by atoms with Gasteiger partial charge < -0.3 is 10.5 Å². The highest BCUT2D eigenvalue weighted by Crippen LogP contribution is 2.23. The molecule has 1 unspecified atom stereocenters. The molecule has 5 nitrogen and oxygen atoms in total. The van der Waals surface area contributed by atoms with Crippen LogP contribution in [0.25, 0.3) is 5.69 Å². The second kappa shape index (κ2) is 4.32. The Kier molecular flexibility index (Phi) is 2.87. The largest absolute Gasteiger partial charge is 0.494 e. The van der Waals surface area contributed by atoms with E-state index in [1.807, 2.05) is 31.2 Å². The summed E-state index contributed by atoms with van der Waals surface area (Å²) >= 11 is 0. The standard InChI is InChI=1S/C11H14N4O/c1-8(12)10-7-13-14-15(10)9-5-3-4-6-11(9)16-2/h3-8H,12H2,1-2H3. The van der Waals surface area contributed by atoms with Crippen LogP contribution in [0, 0.1) is 0 Å². The maximum atomic E-state index is 5.85. The first-order valence-electron chi connectivity index (χ1n) is 5.03. The Labute approximate surface area is 93.8 Å².